The monoisotopic (exact) mass is 340 g/mol. The van der Waals surface area contributed by atoms with Gasteiger partial charge in [-0.3, -0.25) is 9.69 Å². The van der Waals surface area contributed by atoms with E-state index in [0.717, 1.165) is 10.0 Å². The molecular formula is C14H17BrN2O3. The molecule has 3 amide bonds. The van der Waals surface area contributed by atoms with Gasteiger partial charge in [0.05, 0.1) is 12.6 Å². The van der Waals surface area contributed by atoms with Crippen molar-refractivity contribution in [3.63, 3.8) is 0 Å². The maximum Gasteiger partial charge on any atom is 0.327 e. The Hall–Kier alpha value is -1.40. The molecule has 1 fully saturated rings. The van der Waals surface area contributed by atoms with Crippen LogP contribution in [0.4, 0.5) is 4.79 Å². The molecule has 6 heteroatoms. The van der Waals surface area contributed by atoms with Crippen LogP contribution in [0.15, 0.2) is 28.7 Å². The summed E-state index contributed by atoms with van der Waals surface area (Å²) < 4.78 is 6.00. The maximum absolute atomic E-state index is 12.3. The number of methoxy groups -OCH3 is 1. The van der Waals surface area contributed by atoms with Crippen molar-refractivity contribution in [3.8, 4) is 0 Å². The molecule has 1 atom stereocenters. The fraction of sp³-hybridized carbons (Fsp3) is 0.429. The summed E-state index contributed by atoms with van der Waals surface area (Å²) in [6, 6.07) is 7.22. The van der Waals surface area contributed by atoms with E-state index in [0.29, 0.717) is 13.2 Å². The molecule has 20 heavy (non-hydrogen) atoms. The Bertz CT molecular complexity index is 504. The van der Waals surface area contributed by atoms with Crippen molar-refractivity contribution in [1.29, 1.82) is 0 Å². The fourth-order valence-corrected chi connectivity index (χ4v) is 2.51. The zero-order valence-electron chi connectivity index (χ0n) is 11.5. The summed E-state index contributed by atoms with van der Waals surface area (Å²) in [7, 11) is 1.56. The van der Waals surface area contributed by atoms with Gasteiger partial charge < -0.3 is 9.64 Å². The third-order valence-corrected chi connectivity index (χ3v) is 3.74. The van der Waals surface area contributed by atoms with E-state index in [1.54, 1.807) is 12.0 Å². The topological polar surface area (TPSA) is 49.9 Å². The molecule has 0 aromatic heterocycles. The van der Waals surface area contributed by atoms with Gasteiger partial charge in [0, 0.05) is 18.1 Å². The third-order valence-electron chi connectivity index (χ3n) is 3.21. The van der Waals surface area contributed by atoms with E-state index >= 15 is 0 Å². The molecule has 1 saturated heterocycles. The molecule has 1 heterocycles. The predicted octanol–water partition coefficient (Wildman–Crippen LogP) is 2.25. The molecule has 1 aromatic rings. The highest BCUT2D eigenvalue weighted by atomic mass is 79.9. The predicted molar refractivity (Wildman–Crippen MR) is 78.1 cm³/mol. The minimum Gasteiger partial charge on any atom is -0.383 e. The van der Waals surface area contributed by atoms with E-state index in [4.69, 9.17) is 4.74 Å². The first-order chi connectivity index (χ1) is 9.52. The molecule has 0 saturated carbocycles. The highest BCUT2D eigenvalue weighted by molar-refractivity contribution is 9.10. The number of nitrogens with zero attached hydrogens (tertiary/aromatic N) is 2. The van der Waals surface area contributed by atoms with Crippen LogP contribution >= 0.6 is 15.9 Å². The zero-order chi connectivity index (χ0) is 14.7. The number of benzene rings is 1. The summed E-state index contributed by atoms with van der Waals surface area (Å²) in [6.45, 7) is 2.73. The molecule has 108 valence electrons. The summed E-state index contributed by atoms with van der Waals surface area (Å²) in [4.78, 5) is 27.1. The van der Waals surface area contributed by atoms with Gasteiger partial charge in [-0.15, -0.1) is 0 Å². The number of rotatable bonds is 5. The van der Waals surface area contributed by atoms with Gasteiger partial charge in [-0.25, -0.2) is 4.79 Å². The molecule has 0 N–H and O–H groups in total. The smallest absolute Gasteiger partial charge is 0.327 e. The second kappa shape index (κ2) is 6.37. The van der Waals surface area contributed by atoms with E-state index in [2.05, 4.69) is 15.9 Å². The molecule has 0 unspecified atom stereocenters. The van der Waals surface area contributed by atoms with Crippen molar-refractivity contribution < 1.29 is 14.3 Å². The van der Waals surface area contributed by atoms with Gasteiger partial charge in [0.15, 0.2) is 0 Å². The quantitative estimate of drug-likeness (QED) is 0.772. The van der Waals surface area contributed by atoms with Gasteiger partial charge in [0.2, 0.25) is 0 Å². The summed E-state index contributed by atoms with van der Waals surface area (Å²) in [6.07, 6.45) is 0. The second-order valence-electron chi connectivity index (χ2n) is 4.83. The third kappa shape index (κ3) is 3.19. The number of hydrogen-bond donors (Lipinski definition) is 0. The van der Waals surface area contributed by atoms with E-state index in [1.807, 2.05) is 31.2 Å². The highest BCUT2D eigenvalue weighted by Gasteiger charge is 2.38. The normalized spacial score (nSPS) is 16.9. The lowest BCUT2D eigenvalue weighted by atomic mass is 10.2. The minimum atomic E-state index is -0.248. The molecule has 0 bridgehead atoms. The number of halogens is 1. The summed E-state index contributed by atoms with van der Waals surface area (Å²) in [5.41, 5.74) is 0.996. The van der Waals surface area contributed by atoms with Gasteiger partial charge in [0.1, 0.15) is 6.54 Å². The van der Waals surface area contributed by atoms with E-state index < -0.39 is 0 Å². The van der Waals surface area contributed by atoms with Crippen LogP contribution in [0.25, 0.3) is 0 Å². The lowest BCUT2D eigenvalue weighted by Gasteiger charge is -2.22. The van der Waals surface area contributed by atoms with Crippen molar-refractivity contribution in [3.05, 3.63) is 34.3 Å². The van der Waals surface area contributed by atoms with Crippen LogP contribution in [0.2, 0.25) is 0 Å². The van der Waals surface area contributed by atoms with Crippen LogP contribution in [0.3, 0.4) is 0 Å². The second-order valence-corrected chi connectivity index (χ2v) is 5.75. The molecule has 2 rings (SSSR count). The lowest BCUT2D eigenvalue weighted by molar-refractivity contribution is -0.127. The largest absolute Gasteiger partial charge is 0.383 e. The standard InChI is InChI=1S/C14H17BrN2O3/c1-10(9-20-2)17-13(18)8-16(14(17)19)7-11-3-5-12(15)6-4-11/h3-6,10H,7-9H2,1-2H3/t10-/m0/s1. The van der Waals surface area contributed by atoms with Crippen molar-refractivity contribution >= 4 is 27.9 Å². The van der Waals surface area contributed by atoms with Crippen LogP contribution in [-0.4, -0.2) is 48.0 Å². The number of amides is 3. The fourth-order valence-electron chi connectivity index (χ4n) is 2.25. The average Bonchev–Trinajstić information content (AvgIpc) is 2.67. The Morgan fingerprint density at radius 2 is 1.95 bits per heavy atom. The first-order valence-electron chi connectivity index (χ1n) is 6.37. The molecule has 1 aromatic carbocycles. The van der Waals surface area contributed by atoms with Crippen LogP contribution in [-0.2, 0) is 16.1 Å². The average molecular weight is 341 g/mol. The van der Waals surface area contributed by atoms with Gasteiger partial charge >= 0.3 is 6.03 Å². The van der Waals surface area contributed by atoms with Gasteiger partial charge in [-0.05, 0) is 24.6 Å². The van der Waals surface area contributed by atoms with E-state index in [9.17, 15) is 9.59 Å². The van der Waals surface area contributed by atoms with E-state index in [1.165, 1.54) is 4.90 Å². The Kier molecular flexibility index (Phi) is 4.77. The van der Waals surface area contributed by atoms with Crippen molar-refractivity contribution in [1.82, 2.24) is 9.80 Å². The van der Waals surface area contributed by atoms with E-state index in [-0.39, 0.29) is 24.5 Å². The van der Waals surface area contributed by atoms with Gasteiger partial charge in [-0.2, -0.15) is 0 Å². The molecule has 0 aliphatic carbocycles. The molecule has 1 aliphatic rings. The van der Waals surface area contributed by atoms with Crippen molar-refractivity contribution in [2.24, 2.45) is 0 Å². The van der Waals surface area contributed by atoms with Crippen molar-refractivity contribution in [2.45, 2.75) is 19.5 Å². The SMILES string of the molecule is COC[C@H](C)N1C(=O)CN(Cc2ccc(Br)cc2)C1=O. The molecule has 0 spiro atoms. The van der Waals surface area contributed by atoms with Gasteiger partial charge in [0.25, 0.3) is 5.91 Å². The number of ether oxygens (including phenoxy) is 1. The summed E-state index contributed by atoms with van der Waals surface area (Å²) >= 11 is 3.37. The number of carbonyl (C=O) groups is 2. The Labute approximate surface area is 126 Å². The number of hydrogen-bond acceptors (Lipinski definition) is 3. The van der Waals surface area contributed by atoms with Crippen LogP contribution < -0.4 is 0 Å². The first kappa shape index (κ1) is 15.0. The van der Waals surface area contributed by atoms with Crippen LogP contribution in [0.1, 0.15) is 12.5 Å². The summed E-state index contributed by atoms with van der Waals surface area (Å²) in [5.74, 6) is -0.170. The number of imide groups is 1. The zero-order valence-corrected chi connectivity index (χ0v) is 13.1. The Balaban J connectivity index is 2.06. The minimum absolute atomic E-state index is 0.128. The Morgan fingerprint density at radius 3 is 2.55 bits per heavy atom. The molecule has 1 aliphatic heterocycles. The van der Waals surface area contributed by atoms with Crippen LogP contribution in [0, 0.1) is 0 Å². The molecular weight excluding hydrogens is 324 g/mol. The molecule has 5 nitrogen and oxygen atoms in total. The Morgan fingerprint density at radius 1 is 1.30 bits per heavy atom. The molecule has 0 radical (unpaired) electrons. The van der Waals surface area contributed by atoms with Crippen molar-refractivity contribution in [2.75, 3.05) is 20.3 Å². The number of urea groups is 1. The lowest BCUT2D eigenvalue weighted by Crippen LogP contribution is -2.41. The highest BCUT2D eigenvalue weighted by Crippen LogP contribution is 2.18. The maximum atomic E-state index is 12.3. The first-order valence-corrected chi connectivity index (χ1v) is 7.16. The van der Waals surface area contributed by atoms with Gasteiger partial charge in [-0.1, -0.05) is 28.1 Å². The number of carbonyl (C=O) groups excluding carboxylic acids is 2. The summed E-state index contributed by atoms with van der Waals surface area (Å²) in [5, 5.41) is 0. The van der Waals surface area contributed by atoms with Crippen LogP contribution in [0.5, 0.6) is 0 Å².